The molecule has 0 spiro atoms. The lowest BCUT2D eigenvalue weighted by molar-refractivity contribution is 0.397. The van der Waals surface area contributed by atoms with Gasteiger partial charge in [-0.3, -0.25) is 0 Å². The molecule has 18 heavy (non-hydrogen) atoms. The molecule has 0 N–H and O–H groups in total. The maximum absolute atomic E-state index is 5.92. The minimum absolute atomic E-state index is 0.820. The zero-order chi connectivity index (χ0) is 12.7. The van der Waals surface area contributed by atoms with Gasteiger partial charge in [-0.15, -0.1) is 0 Å². The summed E-state index contributed by atoms with van der Waals surface area (Å²) in [5, 5.41) is 0. The summed E-state index contributed by atoms with van der Waals surface area (Å²) in [6.45, 7) is 0. The SMILES string of the molecule is COc1cc(Br)cc2c1Cc1cc(Br)ccc1O2. The van der Waals surface area contributed by atoms with E-state index in [1.807, 2.05) is 24.3 Å². The monoisotopic (exact) mass is 368 g/mol. The highest BCUT2D eigenvalue weighted by Crippen LogP contribution is 2.43. The number of rotatable bonds is 1. The minimum atomic E-state index is 0.820. The predicted octanol–water partition coefficient (Wildman–Crippen LogP) is 4.92. The summed E-state index contributed by atoms with van der Waals surface area (Å²) in [6.07, 6.45) is 0.820. The van der Waals surface area contributed by atoms with Gasteiger partial charge in [-0.1, -0.05) is 31.9 Å². The molecule has 0 saturated heterocycles. The van der Waals surface area contributed by atoms with Gasteiger partial charge in [0.05, 0.1) is 7.11 Å². The lowest BCUT2D eigenvalue weighted by Gasteiger charge is -2.22. The lowest BCUT2D eigenvalue weighted by atomic mass is 9.99. The number of fused-ring (bicyclic) bond motifs is 2. The summed E-state index contributed by atoms with van der Waals surface area (Å²) in [5.41, 5.74) is 2.25. The average molecular weight is 370 g/mol. The Balaban J connectivity index is 2.13. The van der Waals surface area contributed by atoms with E-state index in [0.29, 0.717) is 0 Å². The van der Waals surface area contributed by atoms with Crippen LogP contribution in [0.1, 0.15) is 11.1 Å². The van der Waals surface area contributed by atoms with Gasteiger partial charge in [0, 0.05) is 26.5 Å². The largest absolute Gasteiger partial charge is 0.496 e. The van der Waals surface area contributed by atoms with Crippen LogP contribution in [0, 0.1) is 0 Å². The van der Waals surface area contributed by atoms with Crippen LogP contribution in [0.2, 0.25) is 0 Å². The van der Waals surface area contributed by atoms with Crippen molar-refractivity contribution in [2.24, 2.45) is 0 Å². The highest BCUT2D eigenvalue weighted by atomic mass is 79.9. The molecule has 4 heteroatoms. The first-order valence-electron chi connectivity index (χ1n) is 5.50. The fourth-order valence-electron chi connectivity index (χ4n) is 2.13. The standard InChI is InChI=1S/C14H10Br2O2/c1-17-13-6-10(16)7-14-11(13)5-8-4-9(15)2-3-12(8)18-14/h2-4,6-7H,5H2,1H3. The fourth-order valence-corrected chi connectivity index (χ4v) is 2.95. The maximum atomic E-state index is 5.92. The molecule has 0 radical (unpaired) electrons. The van der Waals surface area contributed by atoms with Gasteiger partial charge in [0.1, 0.15) is 17.2 Å². The Labute approximate surface area is 122 Å². The van der Waals surface area contributed by atoms with Crippen LogP contribution in [0.15, 0.2) is 39.3 Å². The molecular formula is C14H10Br2O2. The number of benzene rings is 2. The first-order chi connectivity index (χ1) is 8.67. The first kappa shape index (κ1) is 12.1. The quantitative estimate of drug-likeness (QED) is 0.606. The molecule has 2 nitrogen and oxygen atoms in total. The third-order valence-electron chi connectivity index (χ3n) is 2.96. The van der Waals surface area contributed by atoms with Crippen molar-refractivity contribution < 1.29 is 9.47 Å². The van der Waals surface area contributed by atoms with Crippen LogP contribution < -0.4 is 9.47 Å². The van der Waals surface area contributed by atoms with Crippen molar-refractivity contribution >= 4 is 31.9 Å². The summed E-state index contributed by atoms with van der Waals surface area (Å²) in [4.78, 5) is 0. The van der Waals surface area contributed by atoms with Gasteiger partial charge in [-0.2, -0.15) is 0 Å². The summed E-state index contributed by atoms with van der Waals surface area (Å²) < 4.78 is 13.4. The highest BCUT2D eigenvalue weighted by Gasteiger charge is 2.21. The Morgan fingerprint density at radius 2 is 1.89 bits per heavy atom. The molecule has 92 valence electrons. The molecule has 0 saturated carbocycles. The van der Waals surface area contributed by atoms with Crippen molar-refractivity contribution in [1.82, 2.24) is 0 Å². The smallest absolute Gasteiger partial charge is 0.135 e. The Hall–Kier alpha value is -1.00. The third kappa shape index (κ3) is 2.04. The van der Waals surface area contributed by atoms with Gasteiger partial charge in [-0.25, -0.2) is 0 Å². The van der Waals surface area contributed by atoms with E-state index in [2.05, 4.69) is 37.9 Å². The Morgan fingerprint density at radius 3 is 2.67 bits per heavy atom. The normalized spacial score (nSPS) is 12.4. The number of methoxy groups -OCH3 is 1. The molecule has 0 aliphatic carbocycles. The second-order valence-corrected chi connectivity index (χ2v) is 5.95. The van der Waals surface area contributed by atoms with Crippen LogP contribution in [0.25, 0.3) is 0 Å². The molecule has 2 aromatic carbocycles. The van der Waals surface area contributed by atoms with E-state index < -0.39 is 0 Å². The second-order valence-electron chi connectivity index (χ2n) is 4.12. The number of ether oxygens (including phenoxy) is 2. The van der Waals surface area contributed by atoms with Crippen LogP contribution in [0.5, 0.6) is 17.2 Å². The van der Waals surface area contributed by atoms with Crippen LogP contribution in [0.4, 0.5) is 0 Å². The van der Waals surface area contributed by atoms with Crippen LogP contribution in [-0.4, -0.2) is 7.11 Å². The van der Waals surface area contributed by atoms with Crippen molar-refractivity contribution in [1.29, 1.82) is 0 Å². The topological polar surface area (TPSA) is 18.5 Å². The third-order valence-corrected chi connectivity index (χ3v) is 3.91. The molecule has 3 rings (SSSR count). The zero-order valence-corrected chi connectivity index (χ0v) is 12.8. The summed E-state index contributed by atoms with van der Waals surface area (Å²) in [7, 11) is 1.68. The first-order valence-corrected chi connectivity index (χ1v) is 7.08. The second kappa shape index (κ2) is 4.59. The predicted molar refractivity (Wildman–Crippen MR) is 77.7 cm³/mol. The molecule has 0 atom stereocenters. The molecule has 2 aromatic rings. The fraction of sp³-hybridized carbons (Fsp3) is 0.143. The van der Waals surface area contributed by atoms with Crippen LogP contribution in [-0.2, 0) is 6.42 Å². The van der Waals surface area contributed by atoms with Crippen molar-refractivity contribution in [3.63, 3.8) is 0 Å². The Kier molecular flexibility index (Phi) is 3.08. The van der Waals surface area contributed by atoms with Crippen molar-refractivity contribution in [2.75, 3.05) is 7.11 Å². The average Bonchev–Trinajstić information content (AvgIpc) is 2.35. The Morgan fingerprint density at radius 1 is 1.06 bits per heavy atom. The van der Waals surface area contributed by atoms with Crippen molar-refractivity contribution in [3.8, 4) is 17.2 Å². The van der Waals surface area contributed by atoms with E-state index in [4.69, 9.17) is 9.47 Å². The van der Waals surface area contributed by atoms with Gasteiger partial charge < -0.3 is 9.47 Å². The molecule has 1 aliphatic heterocycles. The maximum Gasteiger partial charge on any atom is 0.135 e. The number of hydrogen-bond acceptors (Lipinski definition) is 2. The molecule has 0 aromatic heterocycles. The van der Waals surface area contributed by atoms with Gasteiger partial charge >= 0.3 is 0 Å². The summed E-state index contributed by atoms with van der Waals surface area (Å²) in [6, 6.07) is 9.99. The van der Waals surface area contributed by atoms with Gasteiger partial charge in [-0.05, 0) is 30.3 Å². The van der Waals surface area contributed by atoms with E-state index in [1.54, 1.807) is 7.11 Å². The summed E-state index contributed by atoms with van der Waals surface area (Å²) in [5.74, 6) is 2.62. The minimum Gasteiger partial charge on any atom is -0.496 e. The molecule has 0 amide bonds. The van der Waals surface area contributed by atoms with Gasteiger partial charge in [0.15, 0.2) is 0 Å². The van der Waals surface area contributed by atoms with E-state index in [1.165, 1.54) is 0 Å². The van der Waals surface area contributed by atoms with Gasteiger partial charge in [0.2, 0.25) is 0 Å². The molecule has 1 aliphatic rings. The number of halogens is 2. The van der Waals surface area contributed by atoms with Crippen molar-refractivity contribution in [2.45, 2.75) is 6.42 Å². The zero-order valence-electron chi connectivity index (χ0n) is 9.67. The number of hydrogen-bond donors (Lipinski definition) is 0. The summed E-state index contributed by atoms with van der Waals surface area (Å²) >= 11 is 6.95. The van der Waals surface area contributed by atoms with E-state index >= 15 is 0 Å². The molecular weight excluding hydrogens is 360 g/mol. The van der Waals surface area contributed by atoms with E-state index in [0.717, 1.165) is 43.7 Å². The van der Waals surface area contributed by atoms with Crippen LogP contribution >= 0.6 is 31.9 Å². The van der Waals surface area contributed by atoms with Gasteiger partial charge in [0.25, 0.3) is 0 Å². The van der Waals surface area contributed by atoms with Crippen molar-refractivity contribution in [3.05, 3.63) is 50.4 Å². The molecule has 1 heterocycles. The molecule has 0 fully saturated rings. The Bertz CT molecular complexity index is 623. The van der Waals surface area contributed by atoms with E-state index in [9.17, 15) is 0 Å². The molecule has 0 bridgehead atoms. The van der Waals surface area contributed by atoms with Crippen LogP contribution in [0.3, 0.4) is 0 Å². The molecule has 0 unspecified atom stereocenters. The van der Waals surface area contributed by atoms with E-state index in [-0.39, 0.29) is 0 Å². The lowest BCUT2D eigenvalue weighted by Crippen LogP contribution is -2.05. The highest BCUT2D eigenvalue weighted by molar-refractivity contribution is 9.10.